The lowest BCUT2D eigenvalue weighted by Gasteiger charge is -2.00. The lowest BCUT2D eigenvalue weighted by Crippen LogP contribution is -2.15. The molecule has 0 unspecified atom stereocenters. The van der Waals surface area contributed by atoms with Gasteiger partial charge in [0.2, 0.25) is 5.82 Å². The van der Waals surface area contributed by atoms with E-state index in [1.807, 2.05) is 5.10 Å². The van der Waals surface area contributed by atoms with Crippen molar-refractivity contribution in [2.75, 3.05) is 0 Å². The predicted octanol–water partition coefficient (Wildman–Crippen LogP) is 2.24. The molecule has 0 bridgehead atoms. The Balaban J connectivity index is 2.19. The molecule has 2 aromatic heterocycles. The van der Waals surface area contributed by atoms with Crippen molar-refractivity contribution in [2.45, 2.75) is 6.18 Å². The molecular weight excluding hydrogens is 292 g/mol. The van der Waals surface area contributed by atoms with Gasteiger partial charge in [-0.1, -0.05) is 0 Å². The zero-order chi connectivity index (χ0) is 15.2. The van der Waals surface area contributed by atoms with Crippen molar-refractivity contribution in [3.63, 3.8) is 0 Å². The van der Waals surface area contributed by atoms with Gasteiger partial charge in [-0.05, 0) is 24.3 Å². The van der Waals surface area contributed by atoms with Crippen LogP contribution in [0, 0.1) is 5.82 Å². The fourth-order valence-corrected chi connectivity index (χ4v) is 1.78. The summed E-state index contributed by atoms with van der Waals surface area (Å²) in [5, 5.41) is 1.84. The van der Waals surface area contributed by atoms with Crippen LogP contribution in [0.25, 0.3) is 17.0 Å². The van der Waals surface area contributed by atoms with Crippen LogP contribution in [0.3, 0.4) is 0 Å². The molecule has 0 aliphatic heterocycles. The van der Waals surface area contributed by atoms with Crippen LogP contribution in [0.15, 0.2) is 35.1 Å². The van der Waals surface area contributed by atoms with E-state index in [0.29, 0.717) is 10.1 Å². The first kappa shape index (κ1) is 13.3. The number of nitrogens with one attached hydrogen (secondary N) is 1. The van der Waals surface area contributed by atoms with Gasteiger partial charge in [0.15, 0.2) is 0 Å². The summed E-state index contributed by atoms with van der Waals surface area (Å²) in [5.41, 5.74) is -0.241. The maximum Gasteiger partial charge on any atom is 0.451 e. The number of benzene rings is 1. The van der Waals surface area contributed by atoms with E-state index < -0.39 is 29.2 Å². The summed E-state index contributed by atoms with van der Waals surface area (Å²) >= 11 is 0. The third-order valence-corrected chi connectivity index (χ3v) is 2.74. The molecule has 2 heterocycles. The van der Waals surface area contributed by atoms with Gasteiger partial charge >= 0.3 is 6.18 Å². The van der Waals surface area contributed by atoms with Gasteiger partial charge in [0.25, 0.3) is 11.3 Å². The Bertz CT molecular complexity index is 864. The fourth-order valence-electron chi connectivity index (χ4n) is 1.78. The minimum atomic E-state index is -4.71. The van der Waals surface area contributed by atoms with Crippen LogP contribution < -0.4 is 5.56 Å². The molecule has 21 heavy (non-hydrogen) atoms. The molecule has 0 aliphatic carbocycles. The quantitative estimate of drug-likeness (QED) is 0.701. The van der Waals surface area contributed by atoms with Gasteiger partial charge in [-0.3, -0.25) is 9.89 Å². The zero-order valence-electron chi connectivity index (χ0n) is 10.1. The highest BCUT2D eigenvalue weighted by Gasteiger charge is 2.35. The van der Waals surface area contributed by atoms with Crippen LogP contribution >= 0.6 is 0 Å². The molecule has 1 N–H and O–H groups in total. The summed E-state index contributed by atoms with van der Waals surface area (Å²) in [6.07, 6.45) is -4.71. The van der Waals surface area contributed by atoms with Crippen LogP contribution in [0.1, 0.15) is 5.82 Å². The number of hydrogen-bond acceptors (Lipinski definition) is 3. The molecule has 5 nitrogen and oxygen atoms in total. The number of rotatable bonds is 1. The van der Waals surface area contributed by atoms with E-state index >= 15 is 0 Å². The van der Waals surface area contributed by atoms with E-state index in [4.69, 9.17) is 0 Å². The van der Waals surface area contributed by atoms with Gasteiger partial charge in [0.05, 0.1) is 5.69 Å². The second kappa shape index (κ2) is 4.40. The summed E-state index contributed by atoms with van der Waals surface area (Å²) in [4.78, 5) is 18.9. The molecule has 0 aliphatic rings. The summed E-state index contributed by atoms with van der Waals surface area (Å²) in [6.45, 7) is 0. The predicted molar refractivity (Wildman–Crippen MR) is 64.0 cm³/mol. The molecule has 3 aromatic rings. The zero-order valence-corrected chi connectivity index (χ0v) is 10.1. The average molecular weight is 298 g/mol. The first-order valence-electron chi connectivity index (χ1n) is 5.67. The van der Waals surface area contributed by atoms with Gasteiger partial charge in [0.1, 0.15) is 5.82 Å². The maximum absolute atomic E-state index is 12.8. The summed E-state index contributed by atoms with van der Waals surface area (Å²) in [6, 6.07) is 6.09. The van der Waals surface area contributed by atoms with Gasteiger partial charge in [-0.15, -0.1) is 0 Å². The normalized spacial score (nSPS) is 12.0. The molecule has 3 rings (SSSR count). The topological polar surface area (TPSA) is 63.0 Å². The van der Waals surface area contributed by atoms with Crippen molar-refractivity contribution in [1.82, 2.24) is 19.6 Å². The largest absolute Gasteiger partial charge is 0.451 e. The van der Waals surface area contributed by atoms with Crippen LogP contribution in [0.5, 0.6) is 0 Å². The van der Waals surface area contributed by atoms with E-state index in [1.165, 1.54) is 12.1 Å². The average Bonchev–Trinajstić information content (AvgIpc) is 2.84. The van der Waals surface area contributed by atoms with Gasteiger partial charge in [-0.25, -0.2) is 9.37 Å². The second-order valence-corrected chi connectivity index (χ2v) is 4.19. The van der Waals surface area contributed by atoms with Gasteiger partial charge < -0.3 is 0 Å². The highest BCUT2D eigenvalue weighted by Crippen LogP contribution is 2.26. The molecule has 108 valence electrons. The summed E-state index contributed by atoms with van der Waals surface area (Å²) < 4.78 is 51.1. The Morgan fingerprint density at radius 3 is 2.38 bits per heavy atom. The molecule has 0 saturated carbocycles. The van der Waals surface area contributed by atoms with E-state index in [-0.39, 0.29) is 5.69 Å². The molecule has 0 spiro atoms. The smallest absolute Gasteiger partial charge is 0.267 e. The van der Waals surface area contributed by atoms with Crippen LogP contribution in [0.4, 0.5) is 17.6 Å². The number of nitrogens with zero attached hydrogens (tertiary/aromatic N) is 3. The van der Waals surface area contributed by atoms with Crippen molar-refractivity contribution in [3.05, 3.63) is 52.3 Å². The highest BCUT2D eigenvalue weighted by molar-refractivity contribution is 5.60. The lowest BCUT2D eigenvalue weighted by atomic mass is 10.1. The van der Waals surface area contributed by atoms with Crippen LogP contribution in [-0.2, 0) is 6.18 Å². The molecule has 1 aromatic carbocycles. The number of fused-ring (bicyclic) bond motifs is 1. The lowest BCUT2D eigenvalue weighted by molar-refractivity contribution is -0.144. The summed E-state index contributed by atoms with van der Waals surface area (Å²) in [7, 11) is 0. The highest BCUT2D eigenvalue weighted by atomic mass is 19.4. The molecule has 0 atom stereocenters. The molecule has 0 saturated heterocycles. The minimum absolute atomic E-state index is 0.111. The van der Waals surface area contributed by atoms with Crippen molar-refractivity contribution in [1.29, 1.82) is 0 Å². The van der Waals surface area contributed by atoms with Crippen LogP contribution in [-0.4, -0.2) is 19.6 Å². The fraction of sp³-hybridized carbons (Fsp3) is 0.0833. The van der Waals surface area contributed by atoms with Crippen LogP contribution in [0.2, 0.25) is 0 Å². The van der Waals surface area contributed by atoms with E-state index in [0.717, 1.165) is 18.2 Å². The van der Waals surface area contributed by atoms with E-state index in [9.17, 15) is 22.4 Å². The molecule has 9 heteroatoms. The van der Waals surface area contributed by atoms with Crippen molar-refractivity contribution < 1.29 is 17.6 Å². The summed E-state index contributed by atoms with van der Waals surface area (Å²) in [5.74, 6) is -2.20. The number of aromatic amines is 1. The van der Waals surface area contributed by atoms with E-state index in [2.05, 4.69) is 9.97 Å². The van der Waals surface area contributed by atoms with Crippen molar-refractivity contribution >= 4 is 5.78 Å². The Morgan fingerprint density at radius 1 is 1.10 bits per heavy atom. The van der Waals surface area contributed by atoms with Crippen molar-refractivity contribution in [3.8, 4) is 11.3 Å². The van der Waals surface area contributed by atoms with E-state index in [1.54, 1.807) is 0 Å². The van der Waals surface area contributed by atoms with Crippen molar-refractivity contribution in [2.24, 2.45) is 0 Å². The third-order valence-electron chi connectivity index (χ3n) is 2.74. The minimum Gasteiger partial charge on any atom is -0.267 e. The monoisotopic (exact) mass is 298 g/mol. The Labute approximate surface area is 113 Å². The Hall–Kier alpha value is -2.71. The second-order valence-electron chi connectivity index (χ2n) is 4.19. The Kier molecular flexibility index (Phi) is 2.78. The molecular formula is C12H6F4N4O. The van der Waals surface area contributed by atoms with Gasteiger partial charge in [0, 0.05) is 11.6 Å². The number of aromatic nitrogens is 4. The third kappa shape index (κ3) is 2.37. The number of halogens is 4. The molecule has 0 fully saturated rings. The number of hydrogen-bond donors (Lipinski definition) is 1. The standard InChI is InChI=1S/C12H6F4N4O/c13-7-3-1-6(2-4-7)8-5-9(21)20-11(17-8)18-10(19-20)12(14,15)16/h1-5H,(H,17,18,19). The molecule has 0 amide bonds. The molecule has 0 radical (unpaired) electrons. The first-order chi connectivity index (χ1) is 9.84. The number of alkyl halides is 3. The number of H-pyrrole nitrogens is 1. The SMILES string of the molecule is O=c1cc(-c2ccc(F)cc2)nc2nc(C(F)(F)F)[nH]n12. The first-order valence-corrected chi connectivity index (χ1v) is 5.67. The van der Waals surface area contributed by atoms with Gasteiger partial charge in [-0.2, -0.15) is 22.7 Å². The maximum atomic E-state index is 12.8. The Morgan fingerprint density at radius 2 is 1.76 bits per heavy atom.